The van der Waals surface area contributed by atoms with Crippen LogP contribution in [0.5, 0.6) is 0 Å². The maximum Gasteiger partial charge on any atom is 0.0517 e. The molecule has 0 aliphatic heterocycles. The van der Waals surface area contributed by atoms with Crippen LogP contribution >= 0.6 is 0 Å². The van der Waals surface area contributed by atoms with Crippen molar-refractivity contribution in [2.45, 2.75) is 65.7 Å². The highest BCUT2D eigenvalue weighted by Crippen LogP contribution is 2.46. The molecular formula is C40H42N2. The highest BCUT2D eigenvalue weighted by atomic mass is 15.2. The minimum absolute atomic E-state index is 0.563. The summed E-state index contributed by atoms with van der Waals surface area (Å²) in [6, 6.07) is 43.0. The molecule has 42 heavy (non-hydrogen) atoms. The zero-order valence-corrected chi connectivity index (χ0v) is 25.5. The van der Waals surface area contributed by atoms with Crippen molar-refractivity contribution in [3.63, 3.8) is 0 Å². The van der Waals surface area contributed by atoms with E-state index in [4.69, 9.17) is 0 Å². The average Bonchev–Trinajstić information content (AvgIpc) is 3.02. The molecule has 0 N–H and O–H groups in total. The Balaban J connectivity index is 1.58. The van der Waals surface area contributed by atoms with E-state index >= 15 is 0 Å². The molecule has 0 amide bonds. The predicted octanol–water partition coefficient (Wildman–Crippen LogP) is 11.9. The first-order valence-electron chi connectivity index (χ1n) is 15.5. The van der Waals surface area contributed by atoms with Gasteiger partial charge >= 0.3 is 0 Å². The Bertz CT molecular complexity index is 1520. The molecule has 0 spiro atoms. The Morgan fingerprint density at radius 2 is 0.762 bits per heavy atom. The number of benzene rings is 5. The quantitative estimate of drug-likeness (QED) is 0.199. The molecule has 0 heterocycles. The van der Waals surface area contributed by atoms with Gasteiger partial charge in [-0.1, -0.05) is 96.1 Å². The van der Waals surface area contributed by atoms with Crippen LogP contribution in [0.15, 0.2) is 115 Å². The first-order chi connectivity index (χ1) is 20.5. The fourth-order valence-electron chi connectivity index (χ4n) is 6.27. The lowest BCUT2D eigenvalue weighted by Gasteiger charge is -2.34. The van der Waals surface area contributed by atoms with Gasteiger partial charge in [0.2, 0.25) is 0 Å². The van der Waals surface area contributed by atoms with E-state index in [2.05, 4.69) is 153 Å². The topological polar surface area (TPSA) is 6.48 Å². The number of hydrogen-bond donors (Lipinski definition) is 0. The van der Waals surface area contributed by atoms with Crippen LogP contribution in [0.25, 0.3) is 0 Å². The van der Waals surface area contributed by atoms with E-state index in [0.29, 0.717) is 5.92 Å². The summed E-state index contributed by atoms with van der Waals surface area (Å²) in [7, 11) is 0. The van der Waals surface area contributed by atoms with Gasteiger partial charge in [0.05, 0.1) is 5.69 Å². The molecule has 212 valence electrons. The maximum absolute atomic E-state index is 2.48. The Morgan fingerprint density at radius 3 is 1.17 bits per heavy atom. The molecule has 0 unspecified atom stereocenters. The molecule has 0 saturated heterocycles. The van der Waals surface area contributed by atoms with Crippen molar-refractivity contribution in [1.29, 1.82) is 0 Å². The van der Waals surface area contributed by atoms with Crippen LogP contribution in [0.4, 0.5) is 34.1 Å². The van der Waals surface area contributed by atoms with Crippen LogP contribution in [0, 0.1) is 27.7 Å². The number of anilines is 6. The second-order valence-electron chi connectivity index (χ2n) is 12.1. The van der Waals surface area contributed by atoms with E-state index in [1.807, 2.05) is 0 Å². The van der Waals surface area contributed by atoms with Crippen molar-refractivity contribution in [2.75, 3.05) is 9.80 Å². The van der Waals surface area contributed by atoms with Gasteiger partial charge in [-0.2, -0.15) is 0 Å². The van der Waals surface area contributed by atoms with Crippen molar-refractivity contribution >= 4 is 34.1 Å². The van der Waals surface area contributed by atoms with Crippen molar-refractivity contribution < 1.29 is 0 Å². The summed E-state index contributed by atoms with van der Waals surface area (Å²) in [5.74, 6) is 0.563. The Labute approximate surface area is 252 Å². The summed E-state index contributed by atoms with van der Waals surface area (Å²) in [6.07, 6.45) is 6.46. The SMILES string of the molecule is Cc1ccc(N(c2ccc(C)cc2)c2ccc(C3CCCCC3)c(N(c3ccc(C)cc3)c3ccc(C)cc3)c2)cc1. The fraction of sp³-hybridized carbons (Fsp3) is 0.250. The summed E-state index contributed by atoms with van der Waals surface area (Å²) in [6.45, 7) is 8.63. The molecule has 1 aliphatic rings. The van der Waals surface area contributed by atoms with Gasteiger partial charge in [0.1, 0.15) is 0 Å². The summed E-state index contributed by atoms with van der Waals surface area (Å²) in [5, 5.41) is 0. The smallest absolute Gasteiger partial charge is 0.0517 e. The predicted molar refractivity (Wildman–Crippen MR) is 181 cm³/mol. The Morgan fingerprint density at radius 1 is 0.405 bits per heavy atom. The van der Waals surface area contributed by atoms with E-state index in [0.717, 1.165) is 11.4 Å². The highest BCUT2D eigenvalue weighted by molar-refractivity contribution is 5.85. The second-order valence-corrected chi connectivity index (χ2v) is 12.1. The van der Waals surface area contributed by atoms with Crippen molar-refractivity contribution in [3.8, 4) is 0 Å². The van der Waals surface area contributed by atoms with Crippen molar-refractivity contribution in [2.24, 2.45) is 0 Å². The van der Waals surface area contributed by atoms with E-state index in [-0.39, 0.29) is 0 Å². The summed E-state index contributed by atoms with van der Waals surface area (Å²) >= 11 is 0. The third kappa shape index (κ3) is 5.99. The van der Waals surface area contributed by atoms with Gasteiger partial charge in [-0.05, 0) is 113 Å². The minimum atomic E-state index is 0.563. The molecular weight excluding hydrogens is 508 g/mol. The maximum atomic E-state index is 2.48. The summed E-state index contributed by atoms with van der Waals surface area (Å²) in [4.78, 5) is 4.88. The molecule has 1 aliphatic carbocycles. The number of hydrogen-bond acceptors (Lipinski definition) is 2. The van der Waals surface area contributed by atoms with E-state index in [9.17, 15) is 0 Å². The number of aryl methyl sites for hydroxylation is 4. The van der Waals surface area contributed by atoms with Gasteiger partial charge in [0, 0.05) is 28.4 Å². The van der Waals surface area contributed by atoms with Gasteiger partial charge < -0.3 is 9.80 Å². The second kappa shape index (κ2) is 12.3. The van der Waals surface area contributed by atoms with Crippen LogP contribution in [0.2, 0.25) is 0 Å². The zero-order valence-electron chi connectivity index (χ0n) is 25.5. The van der Waals surface area contributed by atoms with E-state index < -0.39 is 0 Å². The van der Waals surface area contributed by atoms with E-state index in [1.165, 1.54) is 82.7 Å². The summed E-state index contributed by atoms with van der Waals surface area (Å²) in [5.41, 5.74) is 13.7. The van der Waals surface area contributed by atoms with Gasteiger partial charge in [0.25, 0.3) is 0 Å². The van der Waals surface area contributed by atoms with Crippen LogP contribution < -0.4 is 9.80 Å². The van der Waals surface area contributed by atoms with Crippen LogP contribution in [-0.4, -0.2) is 0 Å². The molecule has 0 atom stereocenters. The number of rotatable bonds is 7. The highest BCUT2D eigenvalue weighted by Gasteiger charge is 2.25. The molecule has 0 bridgehead atoms. The van der Waals surface area contributed by atoms with Gasteiger partial charge in [-0.25, -0.2) is 0 Å². The lowest BCUT2D eigenvalue weighted by atomic mass is 9.83. The molecule has 1 fully saturated rings. The van der Waals surface area contributed by atoms with Crippen molar-refractivity contribution in [1.82, 2.24) is 0 Å². The van der Waals surface area contributed by atoms with Gasteiger partial charge in [-0.15, -0.1) is 0 Å². The first-order valence-corrected chi connectivity index (χ1v) is 15.5. The molecule has 1 saturated carbocycles. The van der Waals surface area contributed by atoms with Crippen molar-refractivity contribution in [3.05, 3.63) is 143 Å². The van der Waals surface area contributed by atoms with Gasteiger partial charge in [0.15, 0.2) is 0 Å². The first kappa shape index (κ1) is 27.8. The normalized spacial score (nSPS) is 13.6. The molecule has 0 aromatic heterocycles. The number of nitrogens with zero attached hydrogens (tertiary/aromatic N) is 2. The summed E-state index contributed by atoms with van der Waals surface area (Å²) < 4.78 is 0. The fourth-order valence-corrected chi connectivity index (χ4v) is 6.27. The monoisotopic (exact) mass is 550 g/mol. The molecule has 0 radical (unpaired) electrons. The lowest BCUT2D eigenvalue weighted by molar-refractivity contribution is 0.444. The van der Waals surface area contributed by atoms with Crippen LogP contribution in [0.3, 0.4) is 0 Å². The third-order valence-electron chi connectivity index (χ3n) is 8.73. The van der Waals surface area contributed by atoms with E-state index in [1.54, 1.807) is 0 Å². The Hall–Kier alpha value is -4.30. The lowest BCUT2D eigenvalue weighted by Crippen LogP contribution is -2.17. The Kier molecular flexibility index (Phi) is 8.15. The molecule has 6 rings (SSSR count). The molecule has 2 nitrogen and oxygen atoms in total. The molecule has 5 aromatic carbocycles. The largest absolute Gasteiger partial charge is 0.310 e. The standard InChI is InChI=1S/C40H42N2/c1-29-10-18-34(19-11-29)41(35-20-12-30(2)13-21-35)38-26-27-39(33-8-6-5-7-9-33)40(28-38)42(36-22-14-31(3)15-23-36)37-24-16-32(4)17-25-37/h10-28,33H,5-9H2,1-4H3. The third-order valence-corrected chi connectivity index (χ3v) is 8.73. The van der Waals surface area contributed by atoms with Crippen LogP contribution in [0.1, 0.15) is 65.8 Å². The zero-order chi connectivity index (χ0) is 29.1. The molecule has 5 aromatic rings. The average molecular weight is 551 g/mol. The van der Waals surface area contributed by atoms with Crippen LogP contribution in [-0.2, 0) is 0 Å². The van der Waals surface area contributed by atoms with Gasteiger partial charge in [-0.3, -0.25) is 0 Å². The minimum Gasteiger partial charge on any atom is -0.310 e. The molecule has 2 heteroatoms.